The number of carbonyl (C=O) groups is 1. The van der Waals surface area contributed by atoms with Crippen LogP contribution in [0.2, 0.25) is 0 Å². The van der Waals surface area contributed by atoms with Crippen LogP contribution in [0.25, 0.3) is 0 Å². The number of hydrogen-bond donors (Lipinski definition) is 1. The fourth-order valence-electron chi connectivity index (χ4n) is 0.545. The molecule has 0 heterocycles. The van der Waals surface area contributed by atoms with Gasteiger partial charge >= 0.3 is 0 Å². The number of hydrogen-bond acceptors (Lipinski definition) is 3. The Morgan fingerprint density at radius 1 is 1.38 bits per heavy atom. The lowest BCUT2D eigenvalue weighted by atomic mass is 10.4. The predicted molar refractivity (Wildman–Crippen MR) is 52.5 cm³/mol. The van der Waals surface area contributed by atoms with Crippen molar-refractivity contribution < 1.29 is 19.5 Å². The number of aliphatic hydroxyl groups excluding tert-OH is 1. The molecule has 0 saturated heterocycles. The van der Waals surface area contributed by atoms with Crippen molar-refractivity contribution in [2.45, 2.75) is 13.3 Å². The molecule has 0 spiro atoms. The number of carboxylic acid groups (broad SMARTS) is 1. The lowest BCUT2D eigenvalue weighted by molar-refractivity contribution is -0.870. The molecule has 0 bridgehead atoms. The zero-order valence-electron chi connectivity index (χ0n) is 8.74. The summed E-state index contributed by atoms with van der Waals surface area (Å²) in [7, 11) is 6.36. The van der Waals surface area contributed by atoms with Crippen LogP contribution in [0, 0.1) is 0 Å². The van der Waals surface area contributed by atoms with Crippen LogP contribution in [0.15, 0.2) is 0 Å². The Morgan fingerprint density at radius 3 is 1.77 bits per heavy atom. The Bertz CT molecular complexity index is 119. The number of aliphatic hydroxyl groups is 1. The number of halogens is 1. The van der Waals surface area contributed by atoms with Gasteiger partial charge in [-0.2, -0.15) is 0 Å². The topological polar surface area (TPSA) is 60.4 Å². The van der Waals surface area contributed by atoms with Gasteiger partial charge in [0, 0.05) is 19.0 Å². The van der Waals surface area contributed by atoms with Crippen molar-refractivity contribution in [2.75, 3.05) is 34.3 Å². The van der Waals surface area contributed by atoms with E-state index in [-0.39, 0.29) is 12.4 Å². The van der Waals surface area contributed by atoms with Crippen molar-refractivity contribution in [1.29, 1.82) is 0 Å². The highest BCUT2D eigenvalue weighted by Gasteiger charge is 2.03. The molecule has 1 N–H and O–H groups in total. The summed E-state index contributed by atoms with van der Waals surface area (Å²) in [6, 6.07) is 0. The van der Waals surface area contributed by atoms with Crippen molar-refractivity contribution in [2.24, 2.45) is 0 Å². The fraction of sp³-hybridized carbons (Fsp3) is 0.875. The first-order valence-corrected chi connectivity index (χ1v) is 3.88. The van der Waals surface area contributed by atoms with Gasteiger partial charge < -0.3 is 19.5 Å². The van der Waals surface area contributed by atoms with Crippen LogP contribution < -0.4 is 5.11 Å². The van der Waals surface area contributed by atoms with Crippen LogP contribution in [0.3, 0.4) is 0 Å². The van der Waals surface area contributed by atoms with Crippen molar-refractivity contribution in [3.63, 3.8) is 0 Å². The minimum absolute atomic E-state index is 0. The molecule has 0 aromatic rings. The van der Waals surface area contributed by atoms with Crippen molar-refractivity contribution in [3.05, 3.63) is 0 Å². The monoisotopic (exact) mass is 213 g/mol. The van der Waals surface area contributed by atoms with Gasteiger partial charge in [-0.25, -0.2) is 0 Å². The smallest absolute Gasteiger partial charge is 0.0802 e. The second-order valence-corrected chi connectivity index (χ2v) is 3.58. The number of carboxylic acids is 1. The van der Waals surface area contributed by atoms with Gasteiger partial charge in [0.15, 0.2) is 0 Å². The van der Waals surface area contributed by atoms with E-state index in [2.05, 4.69) is 21.1 Å². The standard InChI is InChI=1S/C6H16NO.C2H4O2.ClH/c1-7(2,3)5-4-6-8;1-2(3)4;/h8H,4-6H2,1-3H3;1H3,(H,3,4);1H/q+1;;/p-1. The summed E-state index contributed by atoms with van der Waals surface area (Å²) in [6.45, 7) is 2.34. The van der Waals surface area contributed by atoms with E-state index in [9.17, 15) is 0 Å². The van der Waals surface area contributed by atoms with Gasteiger partial charge in [-0.15, -0.1) is 12.4 Å². The van der Waals surface area contributed by atoms with Gasteiger partial charge in [-0.3, -0.25) is 0 Å². The second kappa shape index (κ2) is 9.77. The fourth-order valence-corrected chi connectivity index (χ4v) is 0.545. The largest absolute Gasteiger partial charge is 0.550 e. The number of quaternary nitrogens is 1. The normalized spacial score (nSPS) is 9.31. The Labute approximate surface area is 86.2 Å². The van der Waals surface area contributed by atoms with Gasteiger partial charge in [0.25, 0.3) is 0 Å². The Kier molecular flexibility index (Phi) is 13.9. The van der Waals surface area contributed by atoms with Crippen LogP contribution in [-0.4, -0.2) is 49.9 Å². The maximum Gasteiger partial charge on any atom is 0.0802 e. The van der Waals surface area contributed by atoms with Crippen LogP contribution in [0.4, 0.5) is 0 Å². The summed E-state index contributed by atoms with van der Waals surface area (Å²) < 4.78 is 0.945. The summed E-state index contributed by atoms with van der Waals surface area (Å²) >= 11 is 0. The highest BCUT2D eigenvalue weighted by Crippen LogP contribution is 1.90. The summed E-state index contributed by atoms with van der Waals surface area (Å²) in [6.07, 6.45) is 0.906. The highest BCUT2D eigenvalue weighted by atomic mass is 35.5. The minimum atomic E-state index is -1.08. The lowest BCUT2D eigenvalue weighted by Crippen LogP contribution is -2.35. The van der Waals surface area contributed by atoms with E-state index >= 15 is 0 Å². The molecule has 0 aliphatic carbocycles. The van der Waals surface area contributed by atoms with E-state index in [1.807, 2.05) is 0 Å². The van der Waals surface area contributed by atoms with E-state index in [0.717, 1.165) is 24.4 Å². The van der Waals surface area contributed by atoms with Crippen LogP contribution in [-0.2, 0) is 4.79 Å². The van der Waals surface area contributed by atoms with Gasteiger partial charge in [0.05, 0.1) is 27.7 Å². The lowest BCUT2D eigenvalue weighted by Gasteiger charge is -2.22. The first-order chi connectivity index (χ1) is 5.29. The molecule has 13 heavy (non-hydrogen) atoms. The quantitative estimate of drug-likeness (QED) is 0.628. The maximum atomic E-state index is 8.89. The summed E-state index contributed by atoms with van der Waals surface area (Å²) in [5.41, 5.74) is 0. The van der Waals surface area contributed by atoms with Gasteiger partial charge in [-0.1, -0.05) is 0 Å². The molecule has 5 heteroatoms. The van der Waals surface area contributed by atoms with E-state index in [0.29, 0.717) is 6.61 Å². The third-order valence-corrected chi connectivity index (χ3v) is 0.987. The SMILES string of the molecule is CC(=O)[O-].C[N+](C)(C)CCCO.Cl. The van der Waals surface area contributed by atoms with Gasteiger partial charge in [0.1, 0.15) is 0 Å². The van der Waals surface area contributed by atoms with Gasteiger partial charge in [-0.05, 0) is 6.92 Å². The molecule has 4 nitrogen and oxygen atoms in total. The summed E-state index contributed by atoms with van der Waals surface area (Å²) in [4.78, 5) is 8.89. The van der Waals surface area contributed by atoms with Crippen molar-refractivity contribution in [1.82, 2.24) is 0 Å². The predicted octanol–water partition coefficient (Wildman–Crippen LogP) is -0.747. The minimum Gasteiger partial charge on any atom is -0.550 e. The number of aliphatic carboxylic acids is 1. The molecule has 0 rings (SSSR count). The number of carbonyl (C=O) groups excluding carboxylic acids is 1. The molecule has 0 atom stereocenters. The average Bonchev–Trinajstić information content (AvgIpc) is 1.80. The third-order valence-electron chi connectivity index (χ3n) is 0.987. The molecular weight excluding hydrogens is 194 g/mol. The number of rotatable bonds is 3. The maximum absolute atomic E-state index is 8.89. The van der Waals surface area contributed by atoms with E-state index in [4.69, 9.17) is 15.0 Å². The first kappa shape index (κ1) is 18.5. The zero-order chi connectivity index (χ0) is 10.2. The van der Waals surface area contributed by atoms with E-state index in [1.54, 1.807) is 0 Å². The summed E-state index contributed by atoms with van der Waals surface area (Å²) in [5.74, 6) is -1.08. The molecule has 0 amide bonds. The molecule has 0 unspecified atom stereocenters. The van der Waals surface area contributed by atoms with E-state index < -0.39 is 5.97 Å². The first-order valence-electron chi connectivity index (χ1n) is 3.88. The van der Waals surface area contributed by atoms with E-state index in [1.165, 1.54) is 0 Å². The summed E-state index contributed by atoms with van der Waals surface area (Å²) in [5, 5.41) is 17.3. The molecule has 82 valence electrons. The molecule has 0 aliphatic heterocycles. The van der Waals surface area contributed by atoms with Crippen molar-refractivity contribution >= 4 is 18.4 Å². The van der Waals surface area contributed by atoms with Crippen LogP contribution in [0.5, 0.6) is 0 Å². The molecule has 0 fully saturated rings. The Balaban J connectivity index is -0.000000173. The molecule has 0 aromatic carbocycles. The van der Waals surface area contributed by atoms with Crippen LogP contribution in [0.1, 0.15) is 13.3 Å². The van der Waals surface area contributed by atoms with Gasteiger partial charge in [0.2, 0.25) is 0 Å². The van der Waals surface area contributed by atoms with Crippen LogP contribution >= 0.6 is 12.4 Å². The average molecular weight is 214 g/mol. The Hall–Kier alpha value is -0.320. The number of nitrogens with zero attached hydrogens (tertiary/aromatic N) is 1. The molecule has 0 aliphatic rings. The molecule has 0 saturated carbocycles. The third kappa shape index (κ3) is 50.0. The second-order valence-electron chi connectivity index (χ2n) is 3.58. The Morgan fingerprint density at radius 2 is 1.69 bits per heavy atom. The molecular formula is C8H20ClNO3. The molecule has 0 aromatic heterocycles. The highest BCUT2D eigenvalue weighted by molar-refractivity contribution is 5.85. The molecule has 0 radical (unpaired) electrons. The van der Waals surface area contributed by atoms with Crippen molar-refractivity contribution in [3.8, 4) is 0 Å². The zero-order valence-corrected chi connectivity index (χ0v) is 9.56.